The highest BCUT2D eigenvalue weighted by atomic mass is 16.2. The SMILES string of the molecule is CNC(=O)CCNC(=O)c1ccccc1. The first-order valence-corrected chi connectivity index (χ1v) is 4.78. The lowest BCUT2D eigenvalue weighted by atomic mass is 10.2. The van der Waals surface area contributed by atoms with E-state index in [2.05, 4.69) is 10.6 Å². The van der Waals surface area contributed by atoms with Crippen molar-refractivity contribution in [2.24, 2.45) is 0 Å². The molecule has 0 bridgehead atoms. The van der Waals surface area contributed by atoms with Crippen LogP contribution < -0.4 is 10.6 Å². The molecule has 0 aliphatic heterocycles. The summed E-state index contributed by atoms with van der Waals surface area (Å²) < 4.78 is 0. The lowest BCUT2D eigenvalue weighted by molar-refractivity contribution is -0.120. The Labute approximate surface area is 88.7 Å². The number of carbonyl (C=O) groups excluding carboxylic acids is 2. The maximum Gasteiger partial charge on any atom is 0.251 e. The Hall–Kier alpha value is -1.84. The van der Waals surface area contributed by atoms with Crippen LogP contribution >= 0.6 is 0 Å². The Bertz CT molecular complexity index is 336. The van der Waals surface area contributed by atoms with Gasteiger partial charge in [0.05, 0.1) is 0 Å². The average Bonchev–Trinajstić information content (AvgIpc) is 2.29. The molecule has 0 spiro atoms. The molecular weight excluding hydrogens is 192 g/mol. The number of nitrogens with one attached hydrogen (secondary N) is 2. The van der Waals surface area contributed by atoms with Crippen molar-refractivity contribution >= 4 is 11.8 Å². The lowest BCUT2D eigenvalue weighted by Crippen LogP contribution is -2.29. The van der Waals surface area contributed by atoms with Crippen LogP contribution in [0.3, 0.4) is 0 Å². The summed E-state index contributed by atoms with van der Waals surface area (Å²) in [6, 6.07) is 8.91. The quantitative estimate of drug-likeness (QED) is 0.756. The summed E-state index contributed by atoms with van der Waals surface area (Å²) in [7, 11) is 1.57. The average molecular weight is 206 g/mol. The Kier molecular flexibility index (Phi) is 4.34. The van der Waals surface area contributed by atoms with Crippen molar-refractivity contribution in [3.05, 3.63) is 35.9 Å². The molecule has 0 unspecified atom stereocenters. The third-order valence-electron chi connectivity index (χ3n) is 1.95. The molecule has 0 aromatic heterocycles. The van der Waals surface area contributed by atoms with Gasteiger partial charge in [-0.1, -0.05) is 18.2 Å². The number of hydrogen-bond acceptors (Lipinski definition) is 2. The summed E-state index contributed by atoms with van der Waals surface area (Å²) in [6.07, 6.45) is 0.301. The fourth-order valence-corrected chi connectivity index (χ4v) is 1.11. The van der Waals surface area contributed by atoms with Crippen LogP contribution in [0.5, 0.6) is 0 Å². The largest absolute Gasteiger partial charge is 0.359 e. The molecule has 1 rings (SSSR count). The number of benzene rings is 1. The topological polar surface area (TPSA) is 58.2 Å². The summed E-state index contributed by atoms with van der Waals surface area (Å²) in [5, 5.41) is 5.15. The van der Waals surface area contributed by atoms with E-state index in [0.717, 1.165) is 0 Å². The van der Waals surface area contributed by atoms with Crippen molar-refractivity contribution in [1.29, 1.82) is 0 Å². The molecule has 1 aromatic carbocycles. The van der Waals surface area contributed by atoms with Crippen LogP contribution in [0, 0.1) is 0 Å². The van der Waals surface area contributed by atoms with E-state index in [1.807, 2.05) is 6.07 Å². The van der Waals surface area contributed by atoms with Crippen LogP contribution in [0.4, 0.5) is 0 Å². The molecule has 2 amide bonds. The molecular formula is C11H14N2O2. The van der Waals surface area contributed by atoms with E-state index >= 15 is 0 Å². The molecule has 4 nitrogen and oxygen atoms in total. The highest BCUT2D eigenvalue weighted by Crippen LogP contribution is 1.97. The van der Waals surface area contributed by atoms with Gasteiger partial charge in [-0.05, 0) is 12.1 Å². The summed E-state index contributed by atoms with van der Waals surface area (Å²) in [4.78, 5) is 22.3. The van der Waals surface area contributed by atoms with Gasteiger partial charge in [0.15, 0.2) is 0 Å². The Morgan fingerprint density at radius 3 is 2.47 bits per heavy atom. The van der Waals surface area contributed by atoms with Gasteiger partial charge in [-0.2, -0.15) is 0 Å². The van der Waals surface area contributed by atoms with E-state index in [-0.39, 0.29) is 11.8 Å². The van der Waals surface area contributed by atoms with Crippen molar-refractivity contribution in [3.63, 3.8) is 0 Å². The minimum absolute atomic E-state index is 0.0802. The molecule has 0 saturated heterocycles. The van der Waals surface area contributed by atoms with Crippen molar-refractivity contribution in [2.45, 2.75) is 6.42 Å². The van der Waals surface area contributed by atoms with Crippen LogP contribution in [0.2, 0.25) is 0 Å². The second-order valence-electron chi connectivity index (χ2n) is 3.05. The minimum Gasteiger partial charge on any atom is -0.359 e. The first-order chi connectivity index (χ1) is 7.24. The Balaban J connectivity index is 2.34. The van der Waals surface area contributed by atoms with E-state index < -0.39 is 0 Å². The number of amides is 2. The van der Waals surface area contributed by atoms with Gasteiger partial charge < -0.3 is 10.6 Å². The van der Waals surface area contributed by atoms with E-state index in [0.29, 0.717) is 18.5 Å². The molecule has 0 saturated carbocycles. The fourth-order valence-electron chi connectivity index (χ4n) is 1.11. The normalized spacial score (nSPS) is 9.40. The standard InChI is InChI=1S/C11H14N2O2/c1-12-10(14)7-8-13-11(15)9-5-3-2-4-6-9/h2-6H,7-8H2,1H3,(H,12,14)(H,13,15). The van der Waals surface area contributed by atoms with E-state index in [1.54, 1.807) is 31.3 Å². The molecule has 80 valence electrons. The van der Waals surface area contributed by atoms with Crippen LogP contribution in [0.15, 0.2) is 30.3 Å². The minimum atomic E-state index is -0.153. The maximum absolute atomic E-state index is 11.5. The van der Waals surface area contributed by atoms with Gasteiger partial charge in [0, 0.05) is 25.6 Å². The molecule has 0 aliphatic carbocycles. The van der Waals surface area contributed by atoms with Crippen molar-refractivity contribution in [2.75, 3.05) is 13.6 Å². The van der Waals surface area contributed by atoms with Crippen LogP contribution in [-0.2, 0) is 4.79 Å². The predicted octanol–water partition coefficient (Wildman–Crippen LogP) is 0.552. The van der Waals surface area contributed by atoms with Crippen molar-refractivity contribution < 1.29 is 9.59 Å². The summed E-state index contributed by atoms with van der Waals surface area (Å²) in [5.41, 5.74) is 0.606. The molecule has 2 N–H and O–H groups in total. The van der Waals surface area contributed by atoms with Crippen LogP contribution in [0.1, 0.15) is 16.8 Å². The van der Waals surface area contributed by atoms with Gasteiger partial charge in [0.25, 0.3) is 5.91 Å². The molecule has 0 radical (unpaired) electrons. The third-order valence-corrected chi connectivity index (χ3v) is 1.95. The van der Waals surface area contributed by atoms with E-state index in [9.17, 15) is 9.59 Å². The molecule has 0 atom stereocenters. The zero-order valence-electron chi connectivity index (χ0n) is 8.62. The van der Waals surface area contributed by atoms with Crippen LogP contribution in [-0.4, -0.2) is 25.4 Å². The fraction of sp³-hybridized carbons (Fsp3) is 0.273. The third kappa shape index (κ3) is 3.81. The maximum atomic E-state index is 11.5. The Morgan fingerprint density at radius 1 is 1.20 bits per heavy atom. The van der Waals surface area contributed by atoms with Gasteiger partial charge in [0.1, 0.15) is 0 Å². The van der Waals surface area contributed by atoms with E-state index in [1.165, 1.54) is 0 Å². The summed E-state index contributed by atoms with van der Waals surface area (Å²) in [6.45, 7) is 0.355. The number of carbonyl (C=O) groups is 2. The summed E-state index contributed by atoms with van der Waals surface area (Å²) >= 11 is 0. The summed E-state index contributed by atoms with van der Waals surface area (Å²) in [5.74, 6) is -0.233. The molecule has 0 fully saturated rings. The molecule has 0 heterocycles. The molecule has 1 aromatic rings. The first-order valence-electron chi connectivity index (χ1n) is 4.78. The Morgan fingerprint density at radius 2 is 1.87 bits per heavy atom. The number of rotatable bonds is 4. The first kappa shape index (κ1) is 11.2. The molecule has 0 aliphatic rings. The molecule has 15 heavy (non-hydrogen) atoms. The molecule has 4 heteroatoms. The van der Waals surface area contributed by atoms with E-state index in [4.69, 9.17) is 0 Å². The van der Waals surface area contributed by atoms with Gasteiger partial charge in [-0.3, -0.25) is 9.59 Å². The van der Waals surface area contributed by atoms with Gasteiger partial charge in [-0.25, -0.2) is 0 Å². The highest BCUT2D eigenvalue weighted by Gasteiger charge is 2.04. The highest BCUT2D eigenvalue weighted by molar-refractivity contribution is 5.94. The van der Waals surface area contributed by atoms with Crippen molar-refractivity contribution in [1.82, 2.24) is 10.6 Å². The lowest BCUT2D eigenvalue weighted by Gasteiger charge is -2.04. The van der Waals surface area contributed by atoms with Gasteiger partial charge >= 0.3 is 0 Å². The van der Waals surface area contributed by atoms with Crippen LogP contribution in [0.25, 0.3) is 0 Å². The second-order valence-corrected chi connectivity index (χ2v) is 3.05. The zero-order valence-corrected chi connectivity index (χ0v) is 8.62. The number of hydrogen-bond donors (Lipinski definition) is 2. The zero-order chi connectivity index (χ0) is 11.1. The second kappa shape index (κ2) is 5.80. The van der Waals surface area contributed by atoms with Gasteiger partial charge in [0.2, 0.25) is 5.91 Å². The monoisotopic (exact) mass is 206 g/mol. The van der Waals surface area contributed by atoms with Crippen molar-refractivity contribution in [3.8, 4) is 0 Å². The van der Waals surface area contributed by atoms with Gasteiger partial charge in [-0.15, -0.1) is 0 Å². The predicted molar refractivity (Wildman–Crippen MR) is 57.5 cm³/mol. The smallest absolute Gasteiger partial charge is 0.251 e.